The lowest BCUT2D eigenvalue weighted by atomic mass is 9.90. The molecule has 1 heterocycles. The van der Waals surface area contributed by atoms with Gasteiger partial charge in [0.15, 0.2) is 0 Å². The lowest BCUT2D eigenvalue weighted by Gasteiger charge is -2.39. The SMILES string of the molecule is C[C@@H]1[C@@H](C(=O)O)CCCN1c1ccccc1. The maximum atomic E-state index is 11.1. The Morgan fingerprint density at radius 1 is 1.38 bits per heavy atom. The fourth-order valence-electron chi connectivity index (χ4n) is 2.46. The summed E-state index contributed by atoms with van der Waals surface area (Å²) in [6.45, 7) is 2.96. The Kier molecular flexibility index (Phi) is 3.13. The van der Waals surface area contributed by atoms with Crippen molar-refractivity contribution in [2.75, 3.05) is 11.4 Å². The minimum Gasteiger partial charge on any atom is -0.481 e. The molecule has 86 valence electrons. The average molecular weight is 219 g/mol. The van der Waals surface area contributed by atoms with E-state index in [0.717, 1.165) is 25.1 Å². The Morgan fingerprint density at radius 2 is 2.06 bits per heavy atom. The van der Waals surface area contributed by atoms with Crippen molar-refractivity contribution in [3.63, 3.8) is 0 Å². The number of carboxylic acids is 1. The van der Waals surface area contributed by atoms with Crippen molar-refractivity contribution in [1.29, 1.82) is 0 Å². The van der Waals surface area contributed by atoms with E-state index >= 15 is 0 Å². The minimum atomic E-state index is -0.673. The van der Waals surface area contributed by atoms with Gasteiger partial charge < -0.3 is 10.0 Å². The number of aliphatic carboxylic acids is 1. The Hall–Kier alpha value is -1.51. The van der Waals surface area contributed by atoms with E-state index in [1.807, 2.05) is 37.3 Å². The molecule has 1 N–H and O–H groups in total. The van der Waals surface area contributed by atoms with Gasteiger partial charge in [0.2, 0.25) is 0 Å². The second-order valence-corrected chi connectivity index (χ2v) is 4.36. The fraction of sp³-hybridized carbons (Fsp3) is 0.462. The van der Waals surface area contributed by atoms with Crippen molar-refractivity contribution in [2.24, 2.45) is 5.92 Å². The van der Waals surface area contributed by atoms with Gasteiger partial charge >= 0.3 is 5.97 Å². The monoisotopic (exact) mass is 219 g/mol. The maximum Gasteiger partial charge on any atom is 0.308 e. The van der Waals surface area contributed by atoms with E-state index in [4.69, 9.17) is 5.11 Å². The predicted molar refractivity (Wildman–Crippen MR) is 63.6 cm³/mol. The third kappa shape index (κ3) is 2.03. The number of carbonyl (C=O) groups is 1. The summed E-state index contributed by atoms with van der Waals surface area (Å²) in [5.74, 6) is -0.915. The van der Waals surface area contributed by atoms with Crippen molar-refractivity contribution < 1.29 is 9.90 Å². The zero-order chi connectivity index (χ0) is 11.5. The molecule has 0 radical (unpaired) electrons. The fourth-order valence-corrected chi connectivity index (χ4v) is 2.46. The molecule has 0 spiro atoms. The first-order valence-electron chi connectivity index (χ1n) is 5.74. The van der Waals surface area contributed by atoms with E-state index in [1.54, 1.807) is 0 Å². The number of rotatable bonds is 2. The smallest absolute Gasteiger partial charge is 0.308 e. The molecule has 1 aromatic carbocycles. The number of benzene rings is 1. The van der Waals surface area contributed by atoms with Gasteiger partial charge in [0.1, 0.15) is 0 Å². The van der Waals surface area contributed by atoms with Crippen LogP contribution in [0.5, 0.6) is 0 Å². The molecular weight excluding hydrogens is 202 g/mol. The Labute approximate surface area is 95.7 Å². The normalized spacial score (nSPS) is 25.4. The summed E-state index contributed by atoms with van der Waals surface area (Å²) in [6, 6.07) is 10.1. The summed E-state index contributed by atoms with van der Waals surface area (Å²) in [4.78, 5) is 13.3. The molecule has 1 saturated heterocycles. The summed E-state index contributed by atoms with van der Waals surface area (Å²) in [5, 5.41) is 9.15. The maximum absolute atomic E-state index is 11.1. The van der Waals surface area contributed by atoms with E-state index in [2.05, 4.69) is 4.90 Å². The van der Waals surface area contributed by atoms with Crippen LogP contribution >= 0.6 is 0 Å². The molecule has 0 unspecified atom stereocenters. The third-order valence-corrected chi connectivity index (χ3v) is 3.39. The Bertz CT molecular complexity index is 363. The van der Waals surface area contributed by atoms with Crippen LogP contribution in [0, 0.1) is 5.92 Å². The molecule has 1 aliphatic heterocycles. The predicted octanol–water partition coefficient (Wildman–Crippen LogP) is 2.38. The molecular formula is C13H17NO2. The van der Waals surface area contributed by atoms with Crippen molar-refractivity contribution in [1.82, 2.24) is 0 Å². The molecule has 2 rings (SSSR count). The third-order valence-electron chi connectivity index (χ3n) is 3.39. The summed E-state index contributed by atoms with van der Waals surface area (Å²) < 4.78 is 0. The van der Waals surface area contributed by atoms with Gasteiger partial charge in [-0.1, -0.05) is 18.2 Å². The second kappa shape index (κ2) is 4.56. The first-order valence-corrected chi connectivity index (χ1v) is 5.74. The summed E-state index contributed by atoms with van der Waals surface area (Å²) >= 11 is 0. The molecule has 3 nitrogen and oxygen atoms in total. The van der Waals surface area contributed by atoms with Gasteiger partial charge in [-0.2, -0.15) is 0 Å². The van der Waals surface area contributed by atoms with Crippen LogP contribution in [0.15, 0.2) is 30.3 Å². The summed E-state index contributed by atoms with van der Waals surface area (Å²) in [7, 11) is 0. The van der Waals surface area contributed by atoms with Gasteiger partial charge in [-0.05, 0) is 31.9 Å². The topological polar surface area (TPSA) is 40.5 Å². The zero-order valence-electron chi connectivity index (χ0n) is 9.47. The van der Waals surface area contributed by atoms with Crippen LogP contribution in [0.1, 0.15) is 19.8 Å². The number of hydrogen-bond acceptors (Lipinski definition) is 2. The van der Waals surface area contributed by atoms with Crippen molar-refractivity contribution in [2.45, 2.75) is 25.8 Å². The van der Waals surface area contributed by atoms with Gasteiger partial charge in [-0.25, -0.2) is 0 Å². The second-order valence-electron chi connectivity index (χ2n) is 4.36. The number of hydrogen-bond donors (Lipinski definition) is 1. The number of nitrogens with zero attached hydrogens (tertiary/aromatic N) is 1. The summed E-state index contributed by atoms with van der Waals surface area (Å²) in [5.41, 5.74) is 1.13. The molecule has 2 atom stereocenters. The molecule has 1 aliphatic rings. The minimum absolute atomic E-state index is 0.0775. The highest BCUT2D eigenvalue weighted by Crippen LogP contribution is 2.28. The molecule has 0 bridgehead atoms. The Morgan fingerprint density at radius 3 is 2.69 bits per heavy atom. The highest BCUT2D eigenvalue weighted by molar-refractivity contribution is 5.72. The van der Waals surface area contributed by atoms with Crippen LogP contribution in [0.25, 0.3) is 0 Å². The van der Waals surface area contributed by atoms with Gasteiger partial charge in [0.05, 0.1) is 5.92 Å². The standard InChI is InChI=1S/C13H17NO2/c1-10-12(13(15)16)8-5-9-14(10)11-6-3-2-4-7-11/h2-4,6-7,10,12H,5,8-9H2,1H3,(H,15,16)/t10-,12+/m1/s1. The van der Waals surface area contributed by atoms with E-state index in [1.165, 1.54) is 0 Å². The molecule has 3 heteroatoms. The molecule has 0 aromatic heterocycles. The number of piperidine rings is 1. The zero-order valence-corrected chi connectivity index (χ0v) is 9.47. The quantitative estimate of drug-likeness (QED) is 0.830. The molecule has 1 aromatic rings. The average Bonchev–Trinajstić information content (AvgIpc) is 2.30. The van der Waals surface area contributed by atoms with Gasteiger partial charge in [-0.15, -0.1) is 0 Å². The lowest BCUT2D eigenvalue weighted by Crippen LogP contribution is -2.46. The molecule has 1 fully saturated rings. The Balaban J connectivity index is 2.19. The van der Waals surface area contributed by atoms with E-state index in [9.17, 15) is 4.79 Å². The van der Waals surface area contributed by atoms with Crippen LogP contribution in [-0.4, -0.2) is 23.7 Å². The van der Waals surface area contributed by atoms with E-state index in [-0.39, 0.29) is 12.0 Å². The molecule has 0 aliphatic carbocycles. The van der Waals surface area contributed by atoms with E-state index < -0.39 is 5.97 Å². The summed E-state index contributed by atoms with van der Waals surface area (Å²) in [6.07, 6.45) is 1.75. The van der Waals surface area contributed by atoms with Crippen LogP contribution in [-0.2, 0) is 4.79 Å². The number of para-hydroxylation sites is 1. The first kappa shape index (κ1) is 11.0. The molecule has 0 saturated carbocycles. The highest BCUT2D eigenvalue weighted by Gasteiger charge is 2.32. The largest absolute Gasteiger partial charge is 0.481 e. The van der Waals surface area contributed by atoms with Gasteiger partial charge in [0, 0.05) is 18.3 Å². The number of carboxylic acid groups (broad SMARTS) is 1. The highest BCUT2D eigenvalue weighted by atomic mass is 16.4. The molecule has 0 amide bonds. The first-order chi connectivity index (χ1) is 7.70. The molecule has 16 heavy (non-hydrogen) atoms. The van der Waals surface area contributed by atoms with Gasteiger partial charge in [0.25, 0.3) is 0 Å². The number of anilines is 1. The van der Waals surface area contributed by atoms with Gasteiger partial charge in [-0.3, -0.25) is 4.79 Å². The lowest BCUT2D eigenvalue weighted by molar-refractivity contribution is -0.143. The van der Waals surface area contributed by atoms with Crippen molar-refractivity contribution in [3.8, 4) is 0 Å². The van der Waals surface area contributed by atoms with Crippen LogP contribution in [0.4, 0.5) is 5.69 Å². The van der Waals surface area contributed by atoms with Crippen molar-refractivity contribution >= 4 is 11.7 Å². The van der Waals surface area contributed by atoms with Crippen LogP contribution < -0.4 is 4.90 Å². The van der Waals surface area contributed by atoms with Crippen LogP contribution in [0.2, 0.25) is 0 Å². The van der Waals surface area contributed by atoms with Crippen molar-refractivity contribution in [3.05, 3.63) is 30.3 Å². The van der Waals surface area contributed by atoms with E-state index in [0.29, 0.717) is 0 Å². The van der Waals surface area contributed by atoms with Crippen LogP contribution in [0.3, 0.4) is 0 Å².